The molecule has 1 aromatic rings. The fraction of sp³-hybridized carbons (Fsp3) is 0.571. The Labute approximate surface area is 112 Å². The van der Waals surface area contributed by atoms with E-state index in [4.69, 9.17) is 5.11 Å². The molecule has 2 rings (SSSR count). The smallest absolute Gasteiger partial charge is 0.0692 e. The standard InChI is InChI=1S/C14H20BrNO/c1-10(2)11-5-6-16(8-11)13-4-3-12(9-17)14(15)7-13/h3-4,7,10-11,17H,5-6,8-9H2,1-2H3. The van der Waals surface area contributed by atoms with Crippen LogP contribution < -0.4 is 4.90 Å². The molecule has 1 atom stereocenters. The Balaban J connectivity index is 2.11. The van der Waals surface area contributed by atoms with E-state index in [1.54, 1.807) is 0 Å². The fourth-order valence-electron chi connectivity index (χ4n) is 2.43. The average Bonchev–Trinajstić information content (AvgIpc) is 2.78. The summed E-state index contributed by atoms with van der Waals surface area (Å²) in [6.07, 6.45) is 1.29. The number of aliphatic hydroxyl groups excluding tert-OH is 1. The number of halogens is 1. The molecular weight excluding hydrogens is 278 g/mol. The Kier molecular flexibility index (Phi) is 4.10. The summed E-state index contributed by atoms with van der Waals surface area (Å²) in [5.41, 5.74) is 2.21. The van der Waals surface area contributed by atoms with Gasteiger partial charge in [0.25, 0.3) is 0 Å². The molecule has 94 valence electrons. The maximum absolute atomic E-state index is 9.15. The van der Waals surface area contributed by atoms with Gasteiger partial charge in [-0.3, -0.25) is 0 Å². The van der Waals surface area contributed by atoms with Gasteiger partial charge in [0, 0.05) is 23.2 Å². The van der Waals surface area contributed by atoms with Gasteiger partial charge in [0.15, 0.2) is 0 Å². The lowest BCUT2D eigenvalue weighted by Crippen LogP contribution is -2.21. The lowest BCUT2D eigenvalue weighted by molar-refractivity contribution is 0.281. The zero-order valence-corrected chi connectivity index (χ0v) is 12.1. The van der Waals surface area contributed by atoms with Gasteiger partial charge in [0.2, 0.25) is 0 Å². The van der Waals surface area contributed by atoms with E-state index in [0.29, 0.717) is 0 Å². The van der Waals surface area contributed by atoms with Crippen molar-refractivity contribution < 1.29 is 5.11 Å². The van der Waals surface area contributed by atoms with Crippen molar-refractivity contribution in [1.29, 1.82) is 0 Å². The highest BCUT2D eigenvalue weighted by atomic mass is 79.9. The van der Waals surface area contributed by atoms with Crippen molar-refractivity contribution in [2.24, 2.45) is 11.8 Å². The molecule has 0 amide bonds. The van der Waals surface area contributed by atoms with E-state index in [2.05, 4.69) is 46.8 Å². The molecule has 3 heteroatoms. The molecule has 2 nitrogen and oxygen atoms in total. The van der Waals surface area contributed by atoms with E-state index in [9.17, 15) is 0 Å². The lowest BCUT2D eigenvalue weighted by Gasteiger charge is -2.20. The summed E-state index contributed by atoms with van der Waals surface area (Å²) in [6, 6.07) is 6.23. The highest BCUT2D eigenvalue weighted by molar-refractivity contribution is 9.10. The van der Waals surface area contributed by atoms with Crippen LogP contribution in [0.5, 0.6) is 0 Å². The minimum Gasteiger partial charge on any atom is -0.392 e. The van der Waals surface area contributed by atoms with Crippen molar-refractivity contribution in [1.82, 2.24) is 0 Å². The second kappa shape index (κ2) is 5.40. The summed E-state index contributed by atoms with van der Waals surface area (Å²) in [7, 11) is 0. The van der Waals surface area contributed by atoms with Crippen molar-refractivity contribution in [2.45, 2.75) is 26.9 Å². The minimum absolute atomic E-state index is 0.0927. The molecule has 1 aliphatic rings. The Morgan fingerprint density at radius 2 is 2.24 bits per heavy atom. The predicted octanol–water partition coefficient (Wildman–Crippen LogP) is 3.42. The lowest BCUT2D eigenvalue weighted by atomic mass is 9.95. The van der Waals surface area contributed by atoms with Gasteiger partial charge >= 0.3 is 0 Å². The Hall–Kier alpha value is -0.540. The largest absolute Gasteiger partial charge is 0.392 e. The number of nitrogens with zero attached hydrogens (tertiary/aromatic N) is 1. The van der Waals surface area contributed by atoms with Crippen LogP contribution in [0.4, 0.5) is 5.69 Å². The van der Waals surface area contributed by atoms with Crippen molar-refractivity contribution in [3.8, 4) is 0 Å². The zero-order valence-electron chi connectivity index (χ0n) is 10.5. The first-order valence-electron chi connectivity index (χ1n) is 6.26. The van der Waals surface area contributed by atoms with Crippen molar-refractivity contribution in [3.63, 3.8) is 0 Å². The molecule has 0 aromatic heterocycles. The number of hydrogen-bond acceptors (Lipinski definition) is 2. The van der Waals surface area contributed by atoms with E-state index in [1.165, 1.54) is 12.1 Å². The summed E-state index contributed by atoms with van der Waals surface area (Å²) in [6.45, 7) is 7.00. The van der Waals surface area contributed by atoms with Crippen LogP contribution >= 0.6 is 15.9 Å². The first kappa shape index (κ1) is 12.9. The molecule has 0 radical (unpaired) electrons. The quantitative estimate of drug-likeness (QED) is 0.924. The molecule has 1 aromatic carbocycles. The number of rotatable bonds is 3. The fourth-order valence-corrected chi connectivity index (χ4v) is 2.92. The second-order valence-corrected chi connectivity index (χ2v) is 6.03. The van der Waals surface area contributed by atoms with Gasteiger partial charge in [-0.15, -0.1) is 0 Å². The maximum atomic E-state index is 9.15. The van der Waals surface area contributed by atoms with Crippen molar-refractivity contribution in [2.75, 3.05) is 18.0 Å². The SMILES string of the molecule is CC(C)C1CCN(c2ccc(CO)c(Br)c2)C1. The minimum atomic E-state index is 0.0927. The topological polar surface area (TPSA) is 23.5 Å². The second-order valence-electron chi connectivity index (χ2n) is 5.17. The molecule has 0 bridgehead atoms. The maximum Gasteiger partial charge on any atom is 0.0692 e. The van der Waals surface area contributed by atoms with E-state index < -0.39 is 0 Å². The Morgan fingerprint density at radius 3 is 2.76 bits per heavy atom. The number of hydrogen-bond donors (Lipinski definition) is 1. The van der Waals surface area contributed by atoms with Gasteiger partial charge in [0.1, 0.15) is 0 Å². The van der Waals surface area contributed by atoms with Crippen LogP contribution in [0, 0.1) is 11.8 Å². The number of anilines is 1. The Bertz CT molecular complexity index is 392. The van der Waals surface area contributed by atoms with E-state index >= 15 is 0 Å². The monoisotopic (exact) mass is 297 g/mol. The van der Waals surface area contributed by atoms with Gasteiger partial charge in [0.05, 0.1) is 6.61 Å². The first-order chi connectivity index (χ1) is 8.11. The van der Waals surface area contributed by atoms with Gasteiger partial charge in [-0.05, 0) is 36.0 Å². The molecule has 1 N–H and O–H groups in total. The predicted molar refractivity (Wildman–Crippen MR) is 75.2 cm³/mol. The van der Waals surface area contributed by atoms with E-state index in [1.807, 2.05) is 6.07 Å². The molecule has 0 saturated carbocycles. The molecule has 1 aliphatic heterocycles. The zero-order chi connectivity index (χ0) is 12.4. The van der Waals surface area contributed by atoms with Gasteiger partial charge < -0.3 is 10.0 Å². The van der Waals surface area contributed by atoms with Crippen LogP contribution in [0.3, 0.4) is 0 Å². The van der Waals surface area contributed by atoms with Crippen LogP contribution in [0.25, 0.3) is 0 Å². The number of aliphatic hydroxyl groups is 1. The third kappa shape index (κ3) is 2.83. The van der Waals surface area contributed by atoms with Crippen molar-refractivity contribution >= 4 is 21.6 Å². The summed E-state index contributed by atoms with van der Waals surface area (Å²) in [5, 5.41) is 9.15. The highest BCUT2D eigenvalue weighted by Crippen LogP contribution is 2.30. The molecule has 0 aliphatic carbocycles. The van der Waals surface area contributed by atoms with Crippen LogP contribution in [-0.2, 0) is 6.61 Å². The Morgan fingerprint density at radius 1 is 1.47 bits per heavy atom. The number of benzene rings is 1. The van der Waals surface area contributed by atoms with E-state index in [0.717, 1.165) is 35.0 Å². The molecule has 1 heterocycles. The summed E-state index contributed by atoms with van der Waals surface area (Å²) in [4.78, 5) is 2.44. The highest BCUT2D eigenvalue weighted by Gasteiger charge is 2.25. The molecule has 0 spiro atoms. The molecule has 17 heavy (non-hydrogen) atoms. The normalized spacial score (nSPS) is 20.3. The van der Waals surface area contributed by atoms with E-state index in [-0.39, 0.29) is 6.61 Å². The third-order valence-corrected chi connectivity index (χ3v) is 4.48. The van der Waals surface area contributed by atoms with Crippen LogP contribution in [0.15, 0.2) is 22.7 Å². The summed E-state index contributed by atoms with van der Waals surface area (Å²) in [5.74, 6) is 1.58. The summed E-state index contributed by atoms with van der Waals surface area (Å²) >= 11 is 3.51. The van der Waals surface area contributed by atoms with Gasteiger partial charge in [-0.1, -0.05) is 35.8 Å². The van der Waals surface area contributed by atoms with Crippen LogP contribution in [0.2, 0.25) is 0 Å². The van der Waals surface area contributed by atoms with Gasteiger partial charge in [-0.2, -0.15) is 0 Å². The van der Waals surface area contributed by atoms with Crippen LogP contribution in [-0.4, -0.2) is 18.2 Å². The first-order valence-corrected chi connectivity index (χ1v) is 7.05. The van der Waals surface area contributed by atoms with Crippen molar-refractivity contribution in [3.05, 3.63) is 28.2 Å². The van der Waals surface area contributed by atoms with Crippen LogP contribution in [0.1, 0.15) is 25.8 Å². The molecule has 1 fully saturated rings. The summed E-state index contributed by atoms with van der Waals surface area (Å²) < 4.78 is 1.01. The van der Waals surface area contributed by atoms with Gasteiger partial charge in [-0.25, -0.2) is 0 Å². The third-order valence-electron chi connectivity index (χ3n) is 3.74. The molecule has 1 saturated heterocycles. The average molecular weight is 298 g/mol. The molecule has 1 unspecified atom stereocenters. The molecular formula is C14H20BrNO.